The number of hydrogen-bond donors (Lipinski definition) is 3. The Bertz CT molecular complexity index is 684. The van der Waals surface area contributed by atoms with Gasteiger partial charge < -0.3 is 24.6 Å². The summed E-state index contributed by atoms with van der Waals surface area (Å²) in [6.07, 6.45) is -3.12. The Morgan fingerprint density at radius 3 is 2.71 bits per heavy atom. The van der Waals surface area contributed by atoms with Crippen molar-refractivity contribution in [2.24, 2.45) is 0 Å². The van der Waals surface area contributed by atoms with E-state index >= 15 is 0 Å². The number of ether oxygens (including phenoxy) is 1. The predicted octanol–water partition coefficient (Wildman–Crippen LogP) is 0.161. The van der Waals surface area contributed by atoms with Crippen LogP contribution in [0.15, 0.2) is 30.5 Å². The molecule has 4 atom stereocenters. The molecule has 1 aromatic heterocycles. The summed E-state index contributed by atoms with van der Waals surface area (Å²) in [5.41, 5.74) is 0.435. The molecule has 2 heterocycles. The molecule has 1 aliphatic heterocycles. The third-order valence-electron chi connectivity index (χ3n) is 3.67. The molecule has 0 unspecified atom stereocenters. The van der Waals surface area contributed by atoms with E-state index in [0.29, 0.717) is 5.52 Å². The summed E-state index contributed by atoms with van der Waals surface area (Å²) in [5.74, 6) is 0. The molecule has 3 rings (SSSR count). The molecular formula is C13H14N2O6. The third kappa shape index (κ3) is 2.28. The average Bonchev–Trinajstić information content (AvgIpc) is 2.88. The van der Waals surface area contributed by atoms with E-state index in [1.807, 2.05) is 0 Å². The highest BCUT2D eigenvalue weighted by Gasteiger charge is 2.38. The zero-order chi connectivity index (χ0) is 15.1. The van der Waals surface area contributed by atoms with Crippen molar-refractivity contribution in [2.45, 2.75) is 24.5 Å². The van der Waals surface area contributed by atoms with Crippen molar-refractivity contribution in [3.63, 3.8) is 0 Å². The Labute approximate surface area is 119 Å². The number of nitrogens with zero attached hydrogens (tertiary/aromatic N) is 2. The van der Waals surface area contributed by atoms with Gasteiger partial charge in [-0.05, 0) is 12.1 Å². The van der Waals surface area contributed by atoms with E-state index in [4.69, 9.17) is 4.74 Å². The minimum atomic E-state index is -1.33. The van der Waals surface area contributed by atoms with Gasteiger partial charge in [0.05, 0.1) is 17.0 Å². The molecule has 1 aliphatic rings. The van der Waals surface area contributed by atoms with E-state index in [1.165, 1.54) is 16.7 Å². The Morgan fingerprint density at radius 1 is 1.24 bits per heavy atom. The summed E-state index contributed by atoms with van der Waals surface area (Å²) >= 11 is 0. The molecule has 112 valence electrons. The number of aliphatic hydroxyl groups excluding tert-OH is 3. The van der Waals surface area contributed by atoms with Crippen LogP contribution in [0.3, 0.4) is 0 Å². The number of benzene rings is 1. The number of fused-ring (bicyclic) bond motifs is 1. The molecule has 1 saturated heterocycles. The minimum absolute atomic E-state index is 0.0756. The molecule has 8 heteroatoms. The summed E-state index contributed by atoms with van der Waals surface area (Å²) in [6.45, 7) is -0.127. The fourth-order valence-electron chi connectivity index (χ4n) is 2.51. The largest absolute Gasteiger partial charge is 0.388 e. The lowest BCUT2D eigenvalue weighted by Crippen LogP contribution is -2.50. The highest BCUT2D eigenvalue weighted by atomic mass is 16.6. The first-order valence-electron chi connectivity index (χ1n) is 6.40. The van der Waals surface area contributed by atoms with Crippen LogP contribution >= 0.6 is 0 Å². The monoisotopic (exact) mass is 294 g/mol. The van der Waals surface area contributed by atoms with E-state index in [9.17, 15) is 25.4 Å². The van der Waals surface area contributed by atoms with Gasteiger partial charge in [0.25, 0.3) is 5.69 Å². The Morgan fingerprint density at radius 2 is 2.00 bits per heavy atom. The van der Waals surface area contributed by atoms with Crippen molar-refractivity contribution < 1.29 is 25.0 Å². The number of non-ortho nitro benzene ring substituents is 1. The number of nitro groups is 1. The van der Waals surface area contributed by atoms with Crippen molar-refractivity contribution >= 4 is 16.6 Å². The van der Waals surface area contributed by atoms with E-state index < -0.39 is 29.5 Å². The van der Waals surface area contributed by atoms with Crippen LogP contribution in [0.2, 0.25) is 0 Å². The van der Waals surface area contributed by atoms with Crippen LogP contribution in [0, 0.1) is 10.1 Å². The zero-order valence-electron chi connectivity index (χ0n) is 10.9. The maximum Gasteiger partial charge on any atom is 0.271 e. The number of hydrogen-bond acceptors (Lipinski definition) is 6. The Kier molecular flexibility index (Phi) is 3.38. The van der Waals surface area contributed by atoms with E-state index in [1.54, 1.807) is 18.3 Å². The number of aliphatic hydroxyl groups is 3. The first kappa shape index (κ1) is 14.0. The number of nitro benzene ring substituents is 1. The van der Waals surface area contributed by atoms with E-state index in [2.05, 4.69) is 0 Å². The maximum atomic E-state index is 10.9. The lowest BCUT2D eigenvalue weighted by molar-refractivity contribution is -0.384. The second kappa shape index (κ2) is 5.08. The van der Waals surface area contributed by atoms with Gasteiger partial charge in [-0.15, -0.1) is 0 Å². The van der Waals surface area contributed by atoms with Crippen molar-refractivity contribution in [1.29, 1.82) is 0 Å². The van der Waals surface area contributed by atoms with Crippen LogP contribution in [0.25, 0.3) is 10.9 Å². The molecular weight excluding hydrogens is 280 g/mol. The van der Waals surface area contributed by atoms with Gasteiger partial charge >= 0.3 is 0 Å². The van der Waals surface area contributed by atoms with E-state index in [-0.39, 0.29) is 12.3 Å². The molecule has 3 N–H and O–H groups in total. The minimum Gasteiger partial charge on any atom is -0.388 e. The van der Waals surface area contributed by atoms with Gasteiger partial charge in [0, 0.05) is 23.7 Å². The van der Waals surface area contributed by atoms with Crippen molar-refractivity contribution in [3.8, 4) is 0 Å². The number of rotatable bonds is 2. The van der Waals surface area contributed by atoms with Crippen LogP contribution in [0.4, 0.5) is 5.69 Å². The van der Waals surface area contributed by atoms with Crippen LogP contribution in [-0.4, -0.2) is 49.7 Å². The second-order valence-corrected chi connectivity index (χ2v) is 5.00. The normalized spacial score (nSPS) is 29.7. The first-order valence-corrected chi connectivity index (χ1v) is 6.40. The van der Waals surface area contributed by atoms with Gasteiger partial charge in [-0.2, -0.15) is 0 Å². The van der Waals surface area contributed by atoms with E-state index in [0.717, 1.165) is 5.39 Å². The fourth-order valence-corrected chi connectivity index (χ4v) is 2.51. The standard InChI is InChI=1S/C13H14N2O6/c16-10-6-21-13(12(18)11(10)17)14-4-3-7-1-2-8(15(19)20)5-9(7)14/h1-5,10-13,16-18H,6H2/t10-,11-,12-,13+/m1/s1. The predicted molar refractivity (Wildman–Crippen MR) is 71.6 cm³/mol. The van der Waals surface area contributed by atoms with Gasteiger partial charge in [-0.25, -0.2) is 0 Å². The van der Waals surface area contributed by atoms with Crippen LogP contribution < -0.4 is 0 Å². The SMILES string of the molecule is O=[N+]([O-])c1ccc2ccn([C@H]3OC[C@@H](O)[C@@H](O)[C@H]3O)c2c1. The lowest BCUT2D eigenvalue weighted by atomic mass is 10.0. The van der Waals surface area contributed by atoms with Crippen LogP contribution in [-0.2, 0) is 4.74 Å². The Hall–Kier alpha value is -2.00. The van der Waals surface area contributed by atoms with Gasteiger partial charge in [-0.1, -0.05) is 0 Å². The first-order chi connectivity index (χ1) is 9.99. The summed E-state index contributed by atoms with van der Waals surface area (Å²) in [5, 5.41) is 40.8. The molecule has 0 spiro atoms. The molecule has 2 aromatic rings. The summed E-state index contributed by atoms with van der Waals surface area (Å²) in [4.78, 5) is 10.3. The third-order valence-corrected chi connectivity index (χ3v) is 3.67. The summed E-state index contributed by atoms with van der Waals surface area (Å²) < 4.78 is 6.87. The summed E-state index contributed by atoms with van der Waals surface area (Å²) in [6, 6.07) is 6.10. The lowest BCUT2D eigenvalue weighted by Gasteiger charge is -2.36. The van der Waals surface area contributed by atoms with Crippen molar-refractivity contribution in [1.82, 2.24) is 4.57 Å². The van der Waals surface area contributed by atoms with Gasteiger partial charge in [0.15, 0.2) is 6.23 Å². The molecule has 8 nitrogen and oxygen atoms in total. The second-order valence-electron chi connectivity index (χ2n) is 5.00. The fraction of sp³-hybridized carbons (Fsp3) is 0.385. The summed E-state index contributed by atoms with van der Waals surface area (Å²) in [7, 11) is 0. The maximum absolute atomic E-state index is 10.9. The molecule has 0 amide bonds. The molecule has 0 bridgehead atoms. The van der Waals surface area contributed by atoms with Crippen molar-refractivity contribution in [3.05, 3.63) is 40.6 Å². The van der Waals surface area contributed by atoms with Crippen LogP contribution in [0.5, 0.6) is 0 Å². The van der Waals surface area contributed by atoms with Gasteiger partial charge in [0.1, 0.15) is 18.3 Å². The molecule has 0 radical (unpaired) electrons. The zero-order valence-corrected chi connectivity index (χ0v) is 10.9. The highest BCUT2D eigenvalue weighted by Crippen LogP contribution is 2.30. The molecule has 1 fully saturated rings. The van der Waals surface area contributed by atoms with Gasteiger partial charge in [-0.3, -0.25) is 10.1 Å². The van der Waals surface area contributed by atoms with Gasteiger partial charge in [0.2, 0.25) is 0 Å². The topological polar surface area (TPSA) is 118 Å². The molecule has 0 saturated carbocycles. The molecule has 0 aliphatic carbocycles. The number of aromatic nitrogens is 1. The van der Waals surface area contributed by atoms with Crippen molar-refractivity contribution in [2.75, 3.05) is 6.61 Å². The quantitative estimate of drug-likeness (QED) is 0.536. The molecule has 1 aromatic carbocycles. The average molecular weight is 294 g/mol. The van der Waals surface area contributed by atoms with Crippen LogP contribution in [0.1, 0.15) is 6.23 Å². The Balaban J connectivity index is 2.04. The molecule has 21 heavy (non-hydrogen) atoms. The highest BCUT2D eigenvalue weighted by molar-refractivity contribution is 5.82. The smallest absolute Gasteiger partial charge is 0.271 e.